The van der Waals surface area contributed by atoms with Crippen molar-refractivity contribution < 1.29 is 31.5 Å². The van der Waals surface area contributed by atoms with Gasteiger partial charge in [0.2, 0.25) is 0 Å². The number of piperidine rings is 1. The van der Waals surface area contributed by atoms with E-state index in [2.05, 4.69) is 5.32 Å². The van der Waals surface area contributed by atoms with E-state index in [0.29, 0.717) is 5.82 Å². The van der Waals surface area contributed by atoms with Crippen LogP contribution >= 0.6 is 0 Å². The fraction of sp³-hybridized carbons (Fsp3) is 0.448. The number of benzene rings is 2. The minimum Gasteiger partial charge on any atom is -0.382 e. The molecule has 41 heavy (non-hydrogen) atoms. The number of halogens is 3. The van der Waals surface area contributed by atoms with Crippen molar-refractivity contribution in [3.05, 3.63) is 77.8 Å². The zero-order chi connectivity index (χ0) is 28.9. The van der Waals surface area contributed by atoms with Crippen LogP contribution in [0.1, 0.15) is 30.3 Å². The van der Waals surface area contributed by atoms with E-state index in [1.807, 2.05) is 30.3 Å². The van der Waals surface area contributed by atoms with Gasteiger partial charge in [-0.2, -0.15) is 0 Å². The van der Waals surface area contributed by atoms with Gasteiger partial charge in [0, 0.05) is 43.4 Å². The van der Waals surface area contributed by atoms with Gasteiger partial charge in [-0.15, -0.1) is 0 Å². The normalized spacial score (nSPS) is 27.1. The van der Waals surface area contributed by atoms with Gasteiger partial charge in [-0.3, -0.25) is 4.79 Å². The summed E-state index contributed by atoms with van der Waals surface area (Å²) in [6.45, 7) is 0.307. The molecule has 0 radical (unpaired) electrons. The van der Waals surface area contributed by atoms with Crippen molar-refractivity contribution >= 4 is 15.7 Å². The highest BCUT2D eigenvalue weighted by atomic mass is 32.2. The Kier molecular flexibility index (Phi) is 7.41. The molecule has 6 rings (SSSR count). The number of aliphatic hydroxyl groups is 1. The number of rotatable bonds is 6. The lowest BCUT2D eigenvalue weighted by atomic mass is 9.84. The monoisotopic (exact) mass is 588 g/mol. The average Bonchev–Trinajstić information content (AvgIpc) is 3.53. The number of fused-ring (bicyclic) bond motifs is 1. The van der Waals surface area contributed by atoms with Gasteiger partial charge in [0.1, 0.15) is 39.6 Å². The molecule has 1 unspecified atom stereocenters. The van der Waals surface area contributed by atoms with E-state index in [4.69, 9.17) is 4.98 Å². The second-order valence-electron chi connectivity index (χ2n) is 11.2. The standard InChI is InChI=1S/C29H31F3N4O4S/c30-19-6-7-22(31)20(12-19)24-16-35(14-17-4-2-1-3-5-17)28(34-24)26(18-8-10-41(39,40)11-9-18)36-15-21-23(32)13-33-25(21)27(37)29(36)38/h1-7,12,16,18,21,23,25-27,33,37H,8-11,13-15H2/t21-,23-,25?,26+,27-/m0/s1. The van der Waals surface area contributed by atoms with Crippen molar-refractivity contribution in [2.75, 3.05) is 24.6 Å². The molecule has 218 valence electrons. The van der Waals surface area contributed by atoms with E-state index in [9.17, 15) is 31.5 Å². The quantitative estimate of drug-likeness (QED) is 0.459. The maximum atomic E-state index is 14.9. The molecular formula is C29H31F3N4O4S. The van der Waals surface area contributed by atoms with Crippen LogP contribution in [0, 0.1) is 23.5 Å². The maximum absolute atomic E-state index is 14.9. The zero-order valence-corrected chi connectivity index (χ0v) is 23.0. The maximum Gasteiger partial charge on any atom is 0.253 e. The number of alkyl halides is 1. The van der Waals surface area contributed by atoms with Gasteiger partial charge >= 0.3 is 0 Å². The molecule has 0 saturated carbocycles. The third-order valence-electron chi connectivity index (χ3n) is 8.61. The number of likely N-dealkylation sites (tertiary alicyclic amines) is 1. The number of amides is 1. The lowest BCUT2D eigenvalue weighted by Crippen LogP contribution is -2.60. The van der Waals surface area contributed by atoms with Crippen molar-refractivity contribution in [3.8, 4) is 11.3 Å². The van der Waals surface area contributed by atoms with E-state index in [-0.39, 0.29) is 61.2 Å². The summed E-state index contributed by atoms with van der Waals surface area (Å²) in [5.74, 6) is -2.76. The van der Waals surface area contributed by atoms with E-state index in [0.717, 1.165) is 23.8 Å². The summed E-state index contributed by atoms with van der Waals surface area (Å²) >= 11 is 0. The number of aliphatic hydroxyl groups excluding tert-OH is 1. The first-order chi connectivity index (χ1) is 19.6. The molecule has 3 aliphatic heterocycles. The highest BCUT2D eigenvalue weighted by molar-refractivity contribution is 7.91. The first kappa shape index (κ1) is 27.9. The molecular weight excluding hydrogens is 557 g/mol. The third-order valence-corrected chi connectivity index (χ3v) is 10.3. The second-order valence-corrected chi connectivity index (χ2v) is 13.5. The smallest absolute Gasteiger partial charge is 0.253 e. The van der Waals surface area contributed by atoms with E-state index < -0.39 is 57.7 Å². The fourth-order valence-electron chi connectivity index (χ4n) is 6.47. The van der Waals surface area contributed by atoms with Gasteiger partial charge in [-0.05, 0) is 42.5 Å². The molecule has 5 atom stereocenters. The number of nitrogens with zero attached hydrogens (tertiary/aromatic N) is 3. The zero-order valence-electron chi connectivity index (χ0n) is 22.2. The number of aromatic nitrogens is 2. The Morgan fingerprint density at radius 1 is 1.10 bits per heavy atom. The van der Waals surface area contributed by atoms with E-state index in [1.54, 1.807) is 10.8 Å². The number of carbonyl (C=O) groups is 1. The molecule has 3 aliphatic rings. The predicted molar refractivity (Wildman–Crippen MR) is 145 cm³/mol. The Balaban J connectivity index is 1.49. The van der Waals surface area contributed by atoms with Crippen LogP contribution < -0.4 is 5.32 Å². The molecule has 3 fully saturated rings. The number of hydrogen-bond acceptors (Lipinski definition) is 6. The molecule has 12 heteroatoms. The van der Waals surface area contributed by atoms with E-state index >= 15 is 0 Å². The molecule has 0 bridgehead atoms. The minimum absolute atomic E-state index is 0.00446. The fourth-order valence-corrected chi connectivity index (χ4v) is 7.99. The number of carbonyl (C=O) groups excluding carboxylic acids is 1. The summed E-state index contributed by atoms with van der Waals surface area (Å²) in [4.78, 5) is 19.8. The predicted octanol–water partition coefficient (Wildman–Crippen LogP) is 2.87. The molecule has 1 amide bonds. The number of nitrogens with one attached hydrogen (secondary N) is 1. The lowest BCUT2D eigenvalue weighted by Gasteiger charge is -2.45. The molecule has 2 N–H and O–H groups in total. The molecule has 0 spiro atoms. The molecule has 0 aliphatic carbocycles. The topological polar surface area (TPSA) is 105 Å². The summed E-state index contributed by atoms with van der Waals surface area (Å²) in [6, 6.07) is 10.9. The van der Waals surface area contributed by atoms with Crippen LogP contribution in [0.3, 0.4) is 0 Å². The summed E-state index contributed by atoms with van der Waals surface area (Å²) < 4.78 is 70.4. The van der Waals surface area contributed by atoms with Crippen LogP contribution in [0.15, 0.2) is 54.7 Å². The first-order valence-electron chi connectivity index (χ1n) is 13.7. The Labute approximate surface area is 236 Å². The van der Waals surface area contributed by atoms with Gasteiger partial charge < -0.3 is 19.9 Å². The van der Waals surface area contributed by atoms with Crippen molar-refractivity contribution in [3.63, 3.8) is 0 Å². The highest BCUT2D eigenvalue weighted by Crippen LogP contribution is 2.41. The Hall–Kier alpha value is -3.22. The first-order valence-corrected chi connectivity index (χ1v) is 15.6. The number of imidazole rings is 1. The molecule has 3 aromatic rings. The van der Waals surface area contributed by atoms with Crippen LogP contribution in [-0.2, 0) is 21.2 Å². The summed E-state index contributed by atoms with van der Waals surface area (Å²) in [7, 11) is -3.26. The Morgan fingerprint density at radius 3 is 2.56 bits per heavy atom. The second kappa shape index (κ2) is 10.9. The van der Waals surface area contributed by atoms with Gasteiger partial charge in [0.15, 0.2) is 0 Å². The largest absolute Gasteiger partial charge is 0.382 e. The van der Waals surface area contributed by atoms with Crippen LogP contribution in [-0.4, -0.2) is 76.8 Å². The Morgan fingerprint density at radius 2 is 1.83 bits per heavy atom. The summed E-state index contributed by atoms with van der Waals surface area (Å²) in [5, 5.41) is 13.8. The van der Waals surface area contributed by atoms with Crippen molar-refractivity contribution in [1.29, 1.82) is 0 Å². The third kappa shape index (κ3) is 5.40. The van der Waals surface area contributed by atoms with Crippen molar-refractivity contribution in [2.24, 2.45) is 11.8 Å². The summed E-state index contributed by atoms with van der Waals surface area (Å²) in [6.07, 6.45) is -0.698. The SMILES string of the molecule is O=C1[C@@H](O)C2NC[C@H](F)[C@@H]2CN1[C@@H](c1nc(-c2cc(F)ccc2F)cn1Cc1ccccc1)C1CCS(=O)(=O)CC1. The molecule has 1 aromatic heterocycles. The van der Waals surface area contributed by atoms with Crippen molar-refractivity contribution in [1.82, 2.24) is 19.8 Å². The van der Waals surface area contributed by atoms with Crippen LogP contribution in [0.5, 0.6) is 0 Å². The van der Waals surface area contributed by atoms with Gasteiger partial charge in [-0.1, -0.05) is 30.3 Å². The summed E-state index contributed by atoms with van der Waals surface area (Å²) in [5.41, 5.74) is 0.975. The lowest BCUT2D eigenvalue weighted by molar-refractivity contribution is -0.153. The highest BCUT2D eigenvalue weighted by Gasteiger charge is 2.52. The average molecular weight is 589 g/mol. The van der Waals surface area contributed by atoms with Gasteiger partial charge in [0.25, 0.3) is 5.91 Å². The number of sulfone groups is 1. The van der Waals surface area contributed by atoms with Gasteiger partial charge in [0.05, 0.1) is 23.2 Å². The number of hydrogen-bond donors (Lipinski definition) is 2. The van der Waals surface area contributed by atoms with Crippen molar-refractivity contribution in [2.45, 2.75) is 43.7 Å². The van der Waals surface area contributed by atoms with Crippen LogP contribution in [0.25, 0.3) is 11.3 Å². The van der Waals surface area contributed by atoms with Crippen LogP contribution in [0.4, 0.5) is 13.2 Å². The van der Waals surface area contributed by atoms with E-state index in [1.165, 1.54) is 4.90 Å². The molecule has 8 nitrogen and oxygen atoms in total. The molecule has 3 saturated heterocycles. The minimum atomic E-state index is -3.26. The molecule has 4 heterocycles. The van der Waals surface area contributed by atoms with Crippen LogP contribution in [0.2, 0.25) is 0 Å². The molecule has 2 aromatic carbocycles. The Bertz CT molecular complexity index is 1540. The van der Waals surface area contributed by atoms with Gasteiger partial charge in [-0.25, -0.2) is 26.6 Å².